The Bertz CT molecular complexity index is 669. The van der Waals surface area contributed by atoms with Crippen LogP contribution in [0.15, 0.2) is 0 Å². The number of halogens is 13. The lowest BCUT2D eigenvalue weighted by molar-refractivity contribution is -0.462. The minimum absolute atomic E-state index is 0.260. The van der Waals surface area contributed by atoms with Gasteiger partial charge in [-0.1, -0.05) is 20.8 Å². The third kappa shape index (κ3) is 4.87. The van der Waals surface area contributed by atoms with Crippen LogP contribution in [0.4, 0.5) is 57.1 Å². The maximum Gasteiger partial charge on any atom is 0.459 e. The number of rotatable bonds is 9. The molecule has 0 amide bonds. The lowest BCUT2D eigenvalue weighted by Crippen LogP contribution is -2.70. The second kappa shape index (κ2) is 8.97. The van der Waals surface area contributed by atoms with E-state index in [0.29, 0.717) is 0 Å². The molecular formula is C18H23F13O2. The molecular weight excluding hydrogens is 495 g/mol. The van der Waals surface area contributed by atoms with E-state index in [-0.39, 0.29) is 12.8 Å². The highest BCUT2D eigenvalue weighted by Crippen LogP contribution is 2.66. The molecule has 0 spiro atoms. The van der Waals surface area contributed by atoms with Gasteiger partial charge in [0.25, 0.3) is 0 Å². The summed E-state index contributed by atoms with van der Waals surface area (Å²) >= 11 is 0. The van der Waals surface area contributed by atoms with E-state index in [1.807, 2.05) is 0 Å². The molecule has 2 nitrogen and oxygen atoms in total. The quantitative estimate of drug-likeness (QED) is 0.231. The Hall–Kier alpha value is -1.44. The molecule has 0 aromatic heterocycles. The monoisotopic (exact) mass is 518 g/mol. The third-order valence-electron chi connectivity index (χ3n) is 6.54. The topological polar surface area (TPSA) is 26.3 Å². The van der Waals surface area contributed by atoms with E-state index < -0.39 is 65.6 Å². The average molecular weight is 518 g/mol. The Balaban J connectivity index is 6.47. The Kier molecular flexibility index (Phi) is 8.58. The molecule has 33 heavy (non-hydrogen) atoms. The van der Waals surface area contributed by atoms with Crippen molar-refractivity contribution >= 4 is 5.97 Å². The van der Waals surface area contributed by atoms with E-state index in [0.717, 1.165) is 0 Å². The summed E-state index contributed by atoms with van der Waals surface area (Å²) in [5, 5.41) is 0. The molecule has 0 saturated carbocycles. The zero-order valence-corrected chi connectivity index (χ0v) is 18.1. The predicted octanol–water partition coefficient (Wildman–Crippen LogP) is 7.72. The molecule has 0 rings (SSSR count). The SMILES string of the molecule is CCC(C)(CC)C(C)(C)C(=O)OCCC(C(F)(F)F)(C(F)(F)F)C(F)(F)C(F)(F)C(F)(F)F. The van der Waals surface area contributed by atoms with Crippen molar-refractivity contribution in [2.45, 2.75) is 84.3 Å². The maximum absolute atomic E-state index is 14.0. The van der Waals surface area contributed by atoms with Gasteiger partial charge in [0.2, 0.25) is 5.41 Å². The van der Waals surface area contributed by atoms with E-state index in [1.165, 1.54) is 20.8 Å². The van der Waals surface area contributed by atoms with Gasteiger partial charge in [0.1, 0.15) is 0 Å². The first-order chi connectivity index (χ1) is 14.2. The van der Waals surface area contributed by atoms with Gasteiger partial charge < -0.3 is 4.74 Å². The van der Waals surface area contributed by atoms with Gasteiger partial charge in [-0.15, -0.1) is 0 Å². The molecule has 0 aliphatic rings. The normalized spacial score (nSPS) is 15.6. The molecule has 0 bridgehead atoms. The minimum atomic E-state index is -7.74. The van der Waals surface area contributed by atoms with Crippen LogP contribution in [0.5, 0.6) is 0 Å². The van der Waals surface area contributed by atoms with Crippen LogP contribution in [-0.2, 0) is 9.53 Å². The van der Waals surface area contributed by atoms with Crippen LogP contribution >= 0.6 is 0 Å². The Morgan fingerprint density at radius 1 is 0.636 bits per heavy atom. The molecule has 0 unspecified atom stereocenters. The van der Waals surface area contributed by atoms with Crippen LogP contribution in [0.25, 0.3) is 0 Å². The fourth-order valence-electron chi connectivity index (χ4n) is 3.26. The molecule has 198 valence electrons. The van der Waals surface area contributed by atoms with Crippen LogP contribution in [-0.4, -0.2) is 43.0 Å². The van der Waals surface area contributed by atoms with Gasteiger partial charge in [0.05, 0.1) is 12.0 Å². The van der Waals surface area contributed by atoms with Crippen molar-refractivity contribution in [2.75, 3.05) is 6.61 Å². The lowest BCUT2D eigenvalue weighted by Gasteiger charge is -2.45. The number of esters is 1. The number of carbonyl (C=O) groups is 1. The zero-order chi connectivity index (χ0) is 27.1. The zero-order valence-electron chi connectivity index (χ0n) is 18.1. The number of carbonyl (C=O) groups excluding carboxylic acids is 1. The summed E-state index contributed by atoms with van der Waals surface area (Å²) in [6, 6.07) is 0. The molecule has 15 heteroatoms. The number of alkyl halides is 13. The first kappa shape index (κ1) is 31.6. The summed E-state index contributed by atoms with van der Waals surface area (Å²) in [5.41, 5.74) is -9.40. The van der Waals surface area contributed by atoms with Crippen molar-refractivity contribution in [2.24, 2.45) is 16.2 Å². The number of hydrogen-bond donors (Lipinski definition) is 0. The summed E-state index contributed by atoms with van der Waals surface area (Å²) in [5.74, 6) is -16.9. The standard InChI is InChI=1S/C18H23F13O2/c1-6-12(5,7-2)11(3,4)10(32)33-9-8-13(16(23,24)25,17(26,27)28)14(19,20)15(21,22)18(29,30)31/h6-9H2,1-5H3. The molecule has 0 saturated heterocycles. The van der Waals surface area contributed by atoms with Crippen LogP contribution in [0.2, 0.25) is 0 Å². The summed E-state index contributed by atoms with van der Waals surface area (Å²) in [4.78, 5) is 12.3. The van der Waals surface area contributed by atoms with Crippen molar-refractivity contribution in [3.8, 4) is 0 Å². The largest absolute Gasteiger partial charge is 0.465 e. The van der Waals surface area contributed by atoms with Crippen molar-refractivity contribution < 1.29 is 66.6 Å². The Morgan fingerprint density at radius 3 is 1.27 bits per heavy atom. The lowest BCUT2D eigenvalue weighted by atomic mass is 9.63. The molecule has 0 heterocycles. The van der Waals surface area contributed by atoms with E-state index in [4.69, 9.17) is 0 Å². The predicted molar refractivity (Wildman–Crippen MR) is 88.5 cm³/mol. The van der Waals surface area contributed by atoms with Crippen molar-refractivity contribution in [3.05, 3.63) is 0 Å². The highest BCUT2D eigenvalue weighted by atomic mass is 19.4. The first-order valence-electron chi connectivity index (χ1n) is 9.38. The molecule has 0 aliphatic heterocycles. The van der Waals surface area contributed by atoms with Gasteiger partial charge >= 0.3 is 36.3 Å². The molecule has 0 atom stereocenters. The molecule has 0 N–H and O–H groups in total. The average Bonchev–Trinajstić information content (AvgIpc) is 2.60. The number of ether oxygens (including phenoxy) is 1. The van der Waals surface area contributed by atoms with Crippen LogP contribution < -0.4 is 0 Å². The van der Waals surface area contributed by atoms with Gasteiger partial charge in [0.15, 0.2) is 0 Å². The highest BCUT2D eigenvalue weighted by molar-refractivity contribution is 5.77. The number of hydrogen-bond acceptors (Lipinski definition) is 2. The third-order valence-corrected chi connectivity index (χ3v) is 6.54. The van der Waals surface area contributed by atoms with Crippen molar-refractivity contribution in [1.29, 1.82) is 0 Å². The van der Waals surface area contributed by atoms with Crippen molar-refractivity contribution in [3.63, 3.8) is 0 Å². The van der Waals surface area contributed by atoms with Gasteiger partial charge in [-0.2, -0.15) is 57.1 Å². The molecule has 0 aromatic carbocycles. The van der Waals surface area contributed by atoms with Gasteiger partial charge in [0, 0.05) is 6.42 Å². The summed E-state index contributed by atoms with van der Waals surface area (Å²) in [6.45, 7) is 4.95. The second-order valence-corrected chi connectivity index (χ2v) is 8.33. The van der Waals surface area contributed by atoms with E-state index in [2.05, 4.69) is 4.74 Å². The highest BCUT2D eigenvalue weighted by Gasteiger charge is 2.91. The van der Waals surface area contributed by atoms with Gasteiger partial charge in [-0.3, -0.25) is 4.79 Å². The first-order valence-corrected chi connectivity index (χ1v) is 9.38. The summed E-state index contributed by atoms with van der Waals surface area (Å²) < 4.78 is 176. The van der Waals surface area contributed by atoms with E-state index in [1.54, 1.807) is 13.8 Å². The van der Waals surface area contributed by atoms with E-state index >= 15 is 0 Å². The van der Waals surface area contributed by atoms with Crippen LogP contribution in [0.3, 0.4) is 0 Å². The maximum atomic E-state index is 14.0. The fraction of sp³-hybridized carbons (Fsp3) is 0.944. The molecule has 0 radical (unpaired) electrons. The van der Waals surface area contributed by atoms with E-state index in [9.17, 15) is 61.9 Å². The van der Waals surface area contributed by atoms with Gasteiger partial charge in [-0.05, 0) is 32.1 Å². The van der Waals surface area contributed by atoms with Crippen LogP contribution in [0.1, 0.15) is 53.9 Å². The fourth-order valence-corrected chi connectivity index (χ4v) is 3.26. The minimum Gasteiger partial charge on any atom is -0.465 e. The molecule has 0 aromatic rings. The molecule has 0 fully saturated rings. The second-order valence-electron chi connectivity index (χ2n) is 8.33. The smallest absolute Gasteiger partial charge is 0.459 e. The summed E-state index contributed by atoms with van der Waals surface area (Å²) in [7, 11) is 0. The van der Waals surface area contributed by atoms with Crippen LogP contribution in [0, 0.1) is 16.2 Å². The summed E-state index contributed by atoms with van der Waals surface area (Å²) in [6.07, 6.45) is -24.7. The Morgan fingerprint density at radius 2 is 1.00 bits per heavy atom. The van der Waals surface area contributed by atoms with Crippen molar-refractivity contribution in [1.82, 2.24) is 0 Å². The Labute approximate surface area is 180 Å². The van der Waals surface area contributed by atoms with Gasteiger partial charge in [-0.25, -0.2) is 0 Å². The molecule has 0 aliphatic carbocycles.